The molecule has 0 saturated heterocycles. The maximum atomic E-state index is 12.9. The van der Waals surface area contributed by atoms with E-state index in [2.05, 4.69) is 10.3 Å². The Morgan fingerprint density at radius 1 is 1.23 bits per heavy atom. The number of likely N-dealkylation sites (N-methyl/N-ethyl adjacent to an activating group) is 2. The van der Waals surface area contributed by atoms with Gasteiger partial charge in [0.1, 0.15) is 24.7 Å². The van der Waals surface area contributed by atoms with Crippen LogP contribution in [0.5, 0.6) is 5.75 Å². The number of guanidine groups is 1. The van der Waals surface area contributed by atoms with E-state index in [1.165, 1.54) is 29.9 Å². The standard InChI is InChI=1S/C19H29FN4O2/c1-23(2)18(25)14-21-19(22-16-6-4-5-7-16)24(3)12-13-26-17-10-8-15(20)9-11-17/h8-11,16H,4-7,12-14H2,1-3H3,(H,21,22). The summed E-state index contributed by atoms with van der Waals surface area (Å²) in [6.07, 6.45) is 4.69. The number of rotatable bonds is 7. The van der Waals surface area contributed by atoms with Crippen molar-refractivity contribution < 1.29 is 13.9 Å². The monoisotopic (exact) mass is 364 g/mol. The first-order valence-corrected chi connectivity index (χ1v) is 9.06. The second-order valence-corrected chi connectivity index (χ2v) is 6.78. The van der Waals surface area contributed by atoms with Gasteiger partial charge in [0, 0.05) is 27.2 Å². The summed E-state index contributed by atoms with van der Waals surface area (Å²) in [5, 5.41) is 3.47. The molecule has 1 N–H and O–H groups in total. The first-order chi connectivity index (χ1) is 12.5. The molecule has 0 radical (unpaired) electrons. The number of aliphatic imine (C=N–C) groups is 1. The number of hydrogen-bond donors (Lipinski definition) is 1. The average molecular weight is 364 g/mol. The van der Waals surface area contributed by atoms with Crippen molar-refractivity contribution in [3.05, 3.63) is 30.1 Å². The van der Waals surface area contributed by atoms with Crippen LogP contribution in [-0.4, -0.2) is 68.5 Å². The third-order valence-electron chi connectivity index (χ3n) is 4.42. The van der Waals surface area contributed by atoms with Gasteiger partial charge in [-0.25, -0.2) is 9.38 Å². The summed E-state index contributed by atoms with van der Waals surface area (Å²) < 4.78 is 18.6. The summed E-state index contributed by atoms with van der Waals surface area (Å²) in [5.41, 5.74) is 0. The van der Waals surface area contributed by atoms with Crippen molar-refractivity contribution in [1.82, 2.24) is 15.1 Å². The fraction of sp³-hybridized carbons (Fsp3) is 0.579. The minimum atomic E-state index is -0.282. The van der Waals surface area contributed by atoms with Gasteiger partial charge >= 0.3 is 0 Å². The van der Waals surface area contributed by atoms with Gasteiger partial charge < -0.3 is 19.9 Å². The van der Waals surface area contributed by atoms with Gasteiger partial charge in [-0.1, -0.05) is 12.8 Å². The van der Waals surface area contributed by atoms with E-state index in [0.717, 1.165) is 18.8 Å². The Bertz CT molecular complexity index is 598. The van der Waals surface area contributed by atoms with Crippen molar-refractivity contribution in [1.29, 1.82) is 0 Å². The molecule has 1 aromatic carbocycles. The van der Waals surface area contributed by atoms with Gasteiger partial charge in [-0.15, -0.1) is 0 Å². The topological polar surface area (TPSA) is 57.2 Å². The Morgan fingerprint density at radius 3 is 2.50 bits per heavy atom. The van der Waals surface area contributed by atoms with Crippen molar-refractivity contribution in [3.8, 4) is 5.75 Å². The minimum Gasteiger partial charge on any atom is -0.492 e. The van der Waals surface area contributed by atoms with Crippen molar-refractivity contribution in [2.24, 2.45) is 4.99 Å². The molecule has 0 spiro atoms. The summed E-state index contributed by atoms with van der Waals surface area (Å²) in [7, 11) is 5.37. The van der Waals surface area contributed by atoms with Crippen LogP contribution in [0.15, 0.2) is 29.3 Å². The third kappa shape index (κ3) is 6.54. The summed E-state index contributed by atoms with van der Waals surface area (Å²) >= 11 is 0. The van der Waals surface area contributed by atoms with E-state index in [0.29, 0.717) is 24.9 Å². The summed E-state index contributed by atoms with van der Waals surface area (Å²) in [6, 6.07) is 6.37. The highest BCUT2D eigenvalue weighted by molar-refractivity contribution is 5.84. The lowest BCUT2D eigenvalue weighted by Gasteiger charge is -2.25. The zero-order valence-electron chi connectivity index (χ0n) is 15.9. The quantitative estimate of drug-likeness (QED) is 0.595. The number of carbonyl (C=O) groups is 1. The zero-order valence-corrected chi connectivity index (χ0v) is 15.9. The van der Waals surface area contributed by atoms with Gasteiger partial charge in [-0.05, 0) is 37.1 Å². The molecule has 0 unspecified atom stereocenters. The molecule has 1 aliphatic rings. The van der Waals surface area contributed by atoms with Crippen LogP contribution in [0.2, 0.25) is 0 Å². The van der Waals surface area contributed by atoms with Gasteiger partial charge in [0.2, 0.25) is 5.91 Å². The van der Waals surface area contributed by atoms with Crippen LogP contribution in [0.3, 0.4) is 0 Å². The normalized spacial score (nSPS) is 15.0. The van der Waals surface area contributed by atoms with E-state index in [9.17, 15) is 9.18 Å². The highest BCUT2D eigenvalue weighted by atomic mass is 19.1. The molecule has 0 aliphatic heterocycles. The van der Waals surface area contributed by atoms with Crippen LogP contribution < -0.4 is 10.1 Å². The summed E-state index contributed by atoms with van der Waals surface area (Å²) in [4.78, 5) is 19.8. The average Bonchev–Trinajstić information content (AvgIpc) is 3.12. The second kappa shape index (κ2) is 9.99. The van der Waals surface area contributed by atoms with Gasteiger partial charge in [0.25, 0.3) is 0 Å². The van der Waals surface area contributed by atoms with E-state index in [4.69, 9.17) is 4.74 Å². The fourth-order valence-electron chi connectivity index (χ4n) is 2.75. The Balaban J connectivity index is 1.90. The molecule has 6 nitrogen and oxygen atoms in total. The molecular formula is C19H29FN4O2. The molecule has 1 saturated carbocycles. The highest BCUT2D eigenvalue weighted by Crippen LogP contribution is 2.18. The van der Waals surface area contributed by atoms with Crippen molar-refractivity contribution in [2.45, 2.75) is 31.7 Å². The smallest absolute Gasteiger partial charge is 0.243 e. The molecule has 0 aromatic heterocycles. The highest BCUT2D eigenvalue weighted by Gasteiger charge is 2.18. The minimum absolute atomic E-state index is 0.0355. The number of benzene rings is 1. The lowest BCUT2D eigenvalue weighted by Crippen LogP contribution is -2.45. The Morgan fingerprint density at radius 2 is 1.88 bits per heavy atom. The van der Waals surface area contributed by atoms with Crippen molar-refractivity contribution in [2.75, 3.05) is 40.8 Å². The number of ether oxygens (including phenoxy) is 1. The molecular weight excluding hydrogens is 335 g/mol. The largest absolute Gasteiger partial charge is 0.492 e. The Kier molecular flexibility index (Phi) is 7.69. The zero-order chi connectivity index (χ0) is 18.9. The molecule has 26 heavy (non-hydrogen) atoms. The molecule has 0 heterocycles. The Hall–Kier alpha value is -2.31. The fourth-order valence-corrected chi connectivity index (χ4v) is 2.75. The van der Waals surface area contributed by atoms with Crippen LogP contribution >= 0.6 is 0 Å². The van der Waals surface area contributed by atoms with Crippen LogP contribution in [-0.2, 0) is 4.79 Å². The van der Waals surface area contributed by atoms with Gasteiger partial charge in [0.15, 0.2) is 5.96 Å². The summed E-state index contributed by atoms with van der Waals surface area (Å²) in [6.45, 7) is 1.16. The molecule has 0 bridgehead atoms. The molecule has 1 aliphatic carbocycles. The number of amides is 1. The molecule has 1 amide bonds. The van der Waals surface area contributed by atoms with E-state index >= 15 is 0 Å². The second-order valence-electron chi connectivity index (χ2n) is 6.78. The molecule has 7 heteroatoms. The number of nitrogens with one attached hydrogen (secondary N) is 1. The van der Waals surface area contributed by atoms with Gasteiger partial charge in [-0.2, -0.15) is 0 Å². The number of hydrogen-bond acceptors (Lipinski definition) is 3. The third-order valence-corrected chi connectivity index (χ3v) is 4.42. The Labute approximate surface area is 155 Å². The maximum Gasteiger partial charge on any atom is 0.243 e. The SMILES string of the molecule is CN(C)C(=O)CN=C(NC1CCCC1)N(C)CCOc1ccc(F)cc1. The van der Waals surface area contributed by atoms with E-state index in [-0.39, 0.29) is 18.3 Å². The molecule has 2 rings (SSSR count). The maximum absolute atomic E-state index is 12.9. The van der Waals surface area contributed by atoms with Crippen LogP contribution in [0.1, 0.15) is 25.7 Å². The predicted octanol–water partition coefficient (Wildman–Crippen LogP) is 2.11. The van der Waals surface area contributed by atoms with Crippen molar-refractivity contribution in [3.63, 3.8) is 0 Å². The lowest BCUT2D eigenvalue weighted by molar-refractivity contribution is -0.127. The van der Waals surface area contributed by atoms with Crippen molar-refractivity contribution >= 4 is 11.9 Å². The summed E-state index contributed by atoms with van der Waals surface area (Å²) in [5.74, 6) is 1.03. The predicted molar refractivity (Wildman–Crippen MR) is 101 cm³/mol. The lowest BCUT2D eigenvalue weighted by atomic mass is 10.2. The van der Waals surface area contributed by atoms with Gasteiger partial charge in [0.05, 0.1) is 6.54 Å². The number of nitrogens with zero attached hydrogens (tertiary/aromatic N) is 3. The van der Waals surface area contributed by atoms with Crippen LogP contribution in [0.4, 0.5) is 4.39 Å². The number of carbonyl (C=O) groups excluding carboxylic acids is 1. The molecule has 0 atom stereocenters. The molecule has 144 valence electrons. The molecule has 1 aromatic rings. The van der Waals surface area contributed by atoms with E-state index in [1.807, 2.05) is 11.9 Å². The number of halogens is 1. The first kappa shape index (κ1) is 20.0. The van der Waals surface area contributed by atoms with Gasteiger partial charge in [-0.3, -0.25) is 4.79 Å². The first-order valence-electron chi connectivity index (χ1n) is 9.06. The van der Waals surface area contributed by atoms with E-state index < -0.39 is 0 Å². The van der Waals surface area contributed by atoms with Crippen LogP contribution in [0.25, 0.3) is 0 Å². The van der Waals surface area contributed by atoms with E-state index in [1.54, 1.807) is 26.2 Å². The van der Waals surface area contributed by atoms with Crippen LogP contribution in [0, 0.1) is 5.82 Å². The molecule has 1 fully saturated rings.